The van der Waals surface area contributed by atoms with Gasteiger partial charge in [-0.25, -0.2) is 13.5 Å². The van der Waals surface area contributed by atoms with Gasteiger partial charge in [0.05, 0.1) is 11.2 Å². The quantitative estimate of drug-likeness (QED) is 0.199. The Morgan fingerprint density at radius 1 is 1.00 bits per heavy atom. The van der Waals surface area contributed by atoms with Crippen LogP contribution < -0.4 is 0 Å². The van der Waals surface area contributed by atoms with Crippen molar-refractivity contribution in [2.24, 2.45) is 0 Å². The Kier molecular flexibility index (Phi) is 9.79. The summed E-state index contributed by atoms with van der Waals surface area (Å²) in [4.78, 5) is 40.7. The molecule has 11 nitrogen and oxygen atoms in total. The highest BCUT2D eigenvalue weighted by Gasteiger charge is 2.52. The molecule has 218 valence electrons. The number of nitrogens with zero attached hydrogens (tertiary/aromatic N) is 4. The van der Waals surface area contributed by atoms with E-state index >= 15 is 0 Å². The smallest absolute Gasteiger partial charge is 0.303 e. The van der Waals surface area contributed by atoms with E-state index < -0.39 is 64.4 Å². The van der Waals surface area contributed by atoms with Gasteiger partial charge in [0, 0.05) is 43.6 Å². The molecule has 5 unspecified atom stereocenters. The number of thioether (sulfide) groups is 1. The Morgan fingerprint density at radius 2 is 1.66 bits per heavy atom. The molecule has 5 atom stereocenters. The molecule has 1 saturated heterocycles. The number of pyridine rings is 1. The zero-order chi connectivity index (χ0) is 29.8. The van der Waals surface area contributed by atoms with Gasteiger partial charge in [0.25, 0.3) is 0 Å². The van der Waals surface area contributed by atoms with E-state index in [0.29, 0.717) is 9.92 Å². The number of aromatic nitrogens is 4. The van der Waals surface area contributed by atoms with Crippen LogP contribution in [-0.4, -0.2) is 68.2 Å². The summed E-state index contributed by atoms with van der Waals surface area (Å²) < 4.78 is 52.2. The summed E-state index contributed by atoms with van der Waals surface area (Å²) in [6.07, 6.45) is 0.801. The normalized spacial score (nSPS) is 22.2. The summed E-state index contributed by atoms with van der Waals surface area (Å²) in [6.45, 7) is 3.19. The van der Waals surface area contributed by atoms with E-state index in [0.717, 1.165) is 30.8 Å². The molecular weight excluding hydrogens is 609 g/mol. The molecule has 1 fully saturated rings. The van der Waals surface area contributed by atoms with Crippen molar-refractivity contribution in [3.05, 3.63) is 58.5 Å². The van der Waals surface area contributed by atoms with Gasteiger partial charge in [-0.1, -0.05) is 40.2 Å². The van der Waals surface area contributed by atoms with E-state index in [2.05, 4.69) is 15.3 Å². The monoisotopic (exact) mass is 630 g/mol. The molecule has 1 aliphatic rings. The minimum Gasteiger partial charge on any atom is -0.463 e. The van der Waals surface area contributed by atoms with E-state index in [1.54, 1.807) is 6.07 Å². The van der Waals surface area contributed by atoms with Gasteiger partial charge < -0.3 is 18.9 Å². The van der Waals surface area contributed by atoms with E-state index in [9.17, 15) is 23.2 Å². The number of esters is 3. The molecule has 4 rings (SSSR count). The van der Waals surface area contributed by atoms with Gasteiger partial charge in [-0.2, -0.15) is 0 Å². The van der Waals surface area contributed by atoms with Crippen LogP contribution in [0.1, 0.15) is 26.8 Å². The lowest BCUT2D eigenvalue weighted by Crippen LogP contribution is -2.57. The predicted molar refractivity (Wildman–Crippen MR) is 141 cm³/mol. The molecule has 1 aliphatic heterocycles. The number of carbonyl (C=O) groups excluding carboxylic acids is 3. The van der Waals surface area contributed by atoms with Crippen molar-refractivity contribution in [2.45, 2.75) is 55.5 Å². The van der Waals surface area contributed by atoms with Crippen molar-refractivity contribution < 1.29 is 42.1 Å². The van der Waals surface area contributed by atoms with Crippen molar-refractivity contribution in [2.75, 3.05) is 6.61 Å². The second-order valence-electron chi connectivity index (χ2n) is 8.78. The van der Waals surface area contributed by atoms with Crippen LogP contribution in [0.25, 0.3) is 11.3 Å². The molecule has 0 spiro atoms. The molecule has 3 heterocycles. The highest BCUT2D eigenvalue weighted by Crippen LogP contribution is 2.41. The van der Waals surface area contributed by atoms with Crippen LogP contribution in [0.15, 0.2) is 41.7 Å². The molecule has 1 aromatic carbocycles. The summed E-state index contributed by atoms with van der Waals surface area (Å²) in [5.41, 5.74) is -0.938. The molecule has 0 N–H and O–H groups in total. The van der Waals surface area contributed by atoms with Crippen molar-refractivity contribution in [1.29, 1.82) is 0 Å². The fourth-order valence-electron chi connectivity index (χ4n) is 4.13. The Balaban J connectivity index is 1.82. The molecule has 16 heteroatoms. The topological polar surface area (TPSA) is 132 Å². The van der Waals surface area contributed by atoms with Gasteiger partial charge in [0.1, 0.15) is 46.5 Å². The number of halogens is 4. The maximum Gasteiger partial charge on any atom is 0.303 e. The first-order chi connectivity index (χ1) is 19.4. The second kappa shape index (κ2) is 13.1. The number of benzene rings is 1. The molecule has 0 bridgehead atoms. The summed E-state index contributed by atoms with van der Waals surface area (Å²) >= 11 is 12.8. The van der Waals surface area contributed by atoms with E-state index in [4.69, 9.17) is 42.1 Å². The van der Waals surface area contributed by atoms with Crippen LogP contribution >= 0.6 is 35.0 Å². The maximum absolute atomic E-state index is 14.2. The van der Waals surface area contributed by atoms with Crippen LogP contribution in [0.2, 0.25) is 10.0 Å². The predicted octanol–water partition coefficient (Wildman–Crippen LogP) is 4.41. The van der Waals surface area contributed by atoms with Crippen LogP contribution in [0.3, 0.4) is 0 Å². The van der Waals surface area contributed by atoms with Crippen molar-refractivity contribution in [1.82, 2.24) is 20.0 Å². The van der Waals surface area contributed by atoms with Crippen molar-refractivity contribution >= 4 is 52.9 Å². The number of carbonyl (C=O) groups is 3. The lowest BCUT2D eigenvalue weighted by molar-refractivity contribution is -0.212. The standard InChI is InChI=1S/C25H22Cl2F2N4O7S/c1-11(34)37-10-20-23(38-12(2)35)22(33-9-19(31-32-33)14-4-17(28)21(27)18(29)5-14)24(39-13(3)36)25(40-20)41-16-6-15(26)7-30-8-16/h4-9,20,22-25H,10H2,1-3H3. The molecule has 0 radical (unpaired) electrons. The SMILES string of the molecule is CC(=O)OCC1OC(Sc2cncc(Cl)c2)C(OC(C)=O)C(n2cc(-c3cc(F)c(Cl)c(F)c3)nn2)C1OC(C)=O. The molecule has 3 aromatic rings. The highest BCUT2D eigenvalue weighted by atomic mass is 35.5. The first-order valence-electron chi connectivity index (χ1n) is 11.9. The third-order valence-electron chi connectivity index (χ3n) is 5.70. The summed E-state index contributed by atoms with van der Waals surface area (Å²) in [7, 11) is 0. The van der Waals surface area contributed by atoms with Gasteiger partial charge >= 0.3 is 17.9 Å². The van der Waals surface area contributed by atoms with Gasteiger partial charge in [-0.3, -0.25) is 19.4 Å². The Labute approximate surface area is 246 Å². The Morgan fingerprint density at radius 3 is 2.27 bits per heavy atom. The van der Waals surface area contributed by atoms with Crippen LogP contribution in [0, 0.1) is 11.6 Å². The number of hydrogen-bond donors (Lipinski definition) is 0. The first-order valence-corrected chi connectivity index (χ1v) is 13.5. The zero-order valence-electron chi connectivity index (χ0n) is 21.6. The van der Waals surface area contributed by atoms with E-state index in [-0.39, 0.29) is 17.9 Å². The average Bonchev–Trinajstić information content (AvgIpc) is 3.37. The number of hydrogen-bond acceptors (Lipinski definition) is 11. The van der Waals surface area contributed by atoms with Crippen LogP contribution in [0.5, 0.6) is 0 Å². The first kappa shape index (κ1) is 30.6. The lowest BCUT2D eigenvalue weighted by atomic mass is 9.96. The number of ether oxygens (including phenoxy) is 4. The third kappa shape index (κ3) is 7.50. The Bertz CT molecular complexity index is 1440. The summed E-state index contributed by atoms with van der Waals surface area (Å²) in [6, 6.07) is 2.46. The molecule has 41 heavy (non-hydrogen) atoms. The molecular formula is C25H22Cl2F2N4O7S. The van der Waals surface area contributed by atoms with Gasteiger partial charge in [0.15, 0.2) is 12.2 Å². The highest BCUT2D eigenvalue weighted by molar-refractivity contribution is 7.99. The van der Waals surface area contributed by atoms with Gasteiger partial charge in [-0.15, -0.1) is 5.10 Å². The van der Waals surface area contributed by atoms with E-state index in [1.807, 2.05) is 0 Å². The maximum atomic E-state index is 14.2. The molecule has 2 aromatic heterocycles. The third-order valence-corrected chi connectivity index (χ3v) is 7.37. The number of rotatable bonds is 8. The largest absolute Gasteiger partial charge is 0.463 e. The average molecular weight is 631 g/mol. The summed E-state index contributed by atoms with van der Waals surface area (Å²) in [5.74, 6) is -4.05. The molecule has 0 amide bonds. The second-order valence-corrected chi connectivity index (χ2v) is 10.8. The van der Waals surface area contributed by atoms with Crippen LogP contribution in [-0.2, 0) is 33.3 Å². The fraction of sp³-hybridized carbons (Fsp3) is 0.360. The fourth-order valence-corrected chi connectivity index (χ4v) is 5.61. The zero-order valence-corrected chi connectivity index (χ0v) is 24.0. The van der Waals surface area contributed by atoms with Crippen molar-refractivity contribution in [3.63, 3.8) is 0 Å². The molecule has 0 saturated carbocycles. The molecule has 0 aliphatic carbocycles. The van der Waals surface area contributed by atoms with Crippen molar-refractivity contribution in [3.8, 4) is 11.3 Å². The minimum atomic E-state index is -1.22. The lowest BCUT2D eigenvalue weighted by Gasteiger charge is -2.44. The summed E-state index contributed by atoms with van der Waals surface area (Å²) in [5, 5.41) is 7.77. The van der Waals surface area contributed by atoms with E-state index in [1.165, 1.54) is 37.1 Å². The minimum absolute atomic E-state index is 0.0168. The van der Waals surface area contributed by atoms with Crippen LogP contribution in [0.4, 0.5) is 8.78 Å². The van der Waals surface area contributed by atoms with Gasteiger partial charge in [0.2, 0.25) is 0 Å². The Hall–Kier alpha value is -3.33. The van der Waals surface area contributed by atoms with Gasteiger partial charge in [-0.05, 0) is 18.2 Å².